The summed E-state index contributed by atoms with van der Waals surface area (Å²) in [5, 5.41) is 3.01. The first-order chi connectivity index (χ1) is 11.1. The number of amides is 2. The molecule has 1 aromatic rings. The van der Waals surface area contributed by atoms with Gasteiger partial charge in [0.15, 0.2) is 0 Å². The number of carbonyl (C=O) groups is 2. The van der Waals surface area contributed by atoms with Crippen molar-refractivity contribution in [1.29, 1.82) is 0 Å². The van der Waals surface area contributed by atoms with Crippen LogP contribution in [0, 0.1) is 12.8 Å². The molecule has 4 nitrogen and oxygen atoms in total. The van der Waals surface area contributed by atoms with E-state index >= 15 is 0 Å². The molecule has 0 bridgehead atoms. The number of carbonyl (C=O) groups excluding carboxylic acids is 2. The van der Waals surface area contributed by atoms with Gasteiger partial charge in [-0.25, -0.2) is 0 Å². The van der Waals surface area contributed by atoms with Crippen molar-refractivity contribution in [2.24, 2.45) is 5.92 Å². The molecule has 23 heavy (non-hydrogen) atoms. The van der Waals surface area contributed by atoms with Crippen molar-refractivity contribution in [2.45, 2.75) is 58.3 Å². The lowest BCUT2D eigenvalue weighted by Gasteiger charge is -2.28. The molecule has 1 aromatic carbocycles. The van der Waals surface area contributed by atoms with E-state index < -0.39 is 0 Å². The number of aryl methyl sites for hydroxylation is 1. The second-order valence-electron chi connectivity index (χ2n) is 6.91. The van der Waals surface area contributed by atoms with Gasteiger partial charge in [-0.1, -0.05) is 18.9 Å². The molecule has 0 atom stereocenters. The summed E-state index contributed by atoms with van der Waals surface area (Å²) < 4.78 is 0. The lowest BCUT2D eigenvalue weighted by Crippen LogP contribution is -2.35. The van der Waals surface area contributed by atoms with Gasteiger partial charge in [0, 0.05) is 30.8 Å². The zero-order chi connectivity index (χ0) is 16.2. The fraction of sp³-hybridized carbons (Fsp3) is 0.579. The highest BCUT2D eigenvalue weighted by Crippen LogP contribution is 2.30. The number of benzene rings is 1. The minimum Gasteiger partial charge on any atom is -0.326 e. The third-order valence-electron chi connectivity index (χ3n) is 5.06. The molecule has 0 radical (unpaired) electrons. The van der Waals surface area contributed by atoms with E-state index in [0.29, 0.717) is 18.8 Å². The van der Waals surface area contributed by atoms with Crippen molar-refractivity contribution in [3.63, 3.8) is 0 Å². The summed E-state index contributed by atoms with van der Waals surface area (Å²) in [5.41, 5.74) is 2.81. The molecule has 1 saturated heterocycles. The van der Waals surface area contributed by atoms with Crippen LogP contribution in [-0.4, -0.2) is 18.4 Å². The molecule has 3 rings (SSSR count). The Morgan fingerprint density at radius 1 is 1.22 bits per heavy atom. The predicted octanol–water partition coefficient (Wildman–Crippen LogP) is 4.03. The monoisotopic (exact) mass is 314 g/mol. The number of piperidine rings is 1. The van der Waals surface area contributed by atoms with Gasteiger partial charge in [-0.3, -0.25) is 9.59 Å². The number of anilines is 2. The van der Waals surface area contributed by atoms with E-state index in [1.54, 1.807) is 0 Å². The van der Waals surface area contributed by atoms with Gasteiger partial charge in [-0.2, -0.15) is 0 Å². The van der Waals surface area contributed by atoms with E-state index in [1.807, 2.05) is 30.0 Å². The van der Waals surface area contributed by atoms with Gasteiger partial charge in [0.05, 0.1) is 0 Å². The molecular formula is C19H26N2O2. The van der Waals surface area contributed by atoms with Gasteiger partial charge in [0.1, 0.15) is 0 Å². The van der Waals surface area contributed by atoms with Crippen molar-refractivity contribution in [3.05, 3.63) is 23.8 Å². The summed E-state index contributed by atoms with van der Waals surface area (Å²) in [7, 11) is 0. The average molecular weight is 314 g/mol. The van der Waals surface area contributed by atoms with Gasteiger partial charge < -0.3 is 10.2 Å². The lowest BCUT2D eigenvalue weighted by atomic mass is 10.0. The number of nitrogens with zero attached hydrogens (tertiary/aromatic N) is 1. The van der Waals surface area contributed by atoms with E-state index in [2.05, 4.69) is 5.32 Å². The molecule has 0 unspecified atom stereocenters. The first-order valence-corrected chi connectivity index (χ1v) is 8.84. The number of rotatable bonds is 4. The predicted molar refractivity (Wildman–Crippen MR) is 92.6 cm³/mol. The molecular weight excluding hydrogens is 288 g/mol. The highest BCUT2D eigenvalue weighted by Gasteiger charge is 2.22. The highest BCUT2D eigenvalue weighted by molar-refractivity contribution is 5.96. The van der Waals surface area contributed by atoms with Crippen molar-refractivity contribution >= 4 is 23.2 Å². The highest BCUT2D eigenvalue weighted by atomic mass is 16.2. The van der Waals surface area contributed by atoms with Gasteiger partial charge in [-0.05, 0) is 56.2 Å². The summed E-state index contributed by atoms with van der Waals surface area (Å²) >= 11 is 0. The third-order valence-corrected chi connectivity index (χ3v) is 5.06. The average Bonchev–Trinajstić information content (AvgIpc) is 3.03. The van der Waals surface area contributed by atoms with Crippen LogP contribution < -0.4 is 10.2 Å². The first-order valence-electron chi connectivity index (χ1n) is 8.84. The fourth-order valence-electron chi connectivity index (χ4n) is 3.73. The number of hydrogen-bond acceptors (Lipinski definition) is 2. The van der Waals surface area contributed by atoms with Gasteiger partial charge in [0.25, 0.3) is 0 Å². The molecule has 124 valence electrons. The van der Waals surface area contributed by atoms with Gasteiger partial charge in [-0.15, -0.1) is 0 Å². The van der Waals surface area contributed by atoms with Crippen LogP contribution in [0.3, 0.4) is 0 Å². The summed E-state index contributed by atoms with van der Waals surface area (Å²) in [5.74, 6) is 0.828. The van der Waals surface area contributed by atoms with Crippen molar-refractivity contribution in [1.82, 2.24) is 0 Å². The van der Waals surface area contributed by atoms with Crippen molar-refractivity contribution < 1.29 is 9.59 Å². The molecule has 2 amide bonds. The van der Waals surface area contributed by atoms with Crippen LogP contribution in [0.5, 0.6) is 0 Å². The molecule has 0 aromatic heterocycles. The Balaban J connectivity index is 1.69. The Labute approximate surface area is 138 Å². The zero-order valence-corrected chi connectivity index (χ0v) is 13.9. The Morgan fingerprint density at radius 2 is 2.00 bits per heavy atom. The minimum atomic E-state index is 0.0941. The van der Waals surface area contributed by atoms with Crippen LogP contribution in [-0.2, 0) is 9.59 Å². The second-order valence-corrected chi connectivity index (χ2v) is 6.91. The standard InChI is InChI=1S/C19H26N2O2/c1-14-9-10-16(20-18(22)12-15-6-2-3-7-15)13-17(14)21-11-5-4-8-19(21)23/h9-10,13,15H,2-8,11-12H2,1H3,(H,20,22). The van der Waals surface area contributed by atoms with Crippen molar-refractivity contribution in [3.8, 4) is 0 Å². The Kier molecular flexibility index (Phi) is 4.99. The molecule has 1 N–H and O–H groups in total. The van der Waals surface area contributed by atoms with Crippen LogP contribution in [0.15, 0.2) is 18.2 Å². The van der Waals surface area contributed by atoms with E-state index in [4.69, 9.17) is 0 Å². The van der Waals surface area contributed by atoms with E-state index in [1.165, 1.54) is 25.7 Å². The normalized spacial score (nSPS) is 19.2. The van der Waals surface area contributed by atoms with Crippen LogP contribution in [0.4, 0.5) is 11.4 Å². The van der Waals surface area contributed by atoms with Crippen molar-refractivity contribution in [2.75, 3.05) is 16.8 Å². The molecule has 0 spiro atoms. The Hall–Kier alpha value is -1.84. The maximum Gasteiger partial charge on any atom is 0.226 e. The smallest absolute Gasteiger partial charge is 0.226 e. The maximum atomic E-state index is 12.2. The molecule has 2 fully saturated rings. The van der Waals surface area contributed by atoms with Crippen LogP contribution in [0.1, 0.15) is 56.9 Å². The first kappa shape index (κ1) is 16.0. The fourth-order valence-corrected chi connectivity index (χ4v) is 3.73. The summed E-state index contributed by atoms with van der Waals surface area (Å²) in [4.78, 5) is 26.2. The molecule has 1 aliphatic heterocycles. The molecule has 1 aliphatic carbocycles. The number of hydrogen-bond donors (Lipinski definition) is 1. The Morgan fingerprint density at radius 3 is 2.74 bits per heavy atom. The summed E-state index contributed by atoms with van der Waals surface area (Å²) in [6.07, 6.45) is 8.12. The second kappa shape index (κ2) is 7.16. The zero-order valence-electron chi connectivity index (χ0n) is 13.9. The van der Waals surface area contributed by atoms with Crippen LogP contribution >= 0.6 is 0 Å². The molecule has 2 aliphatic rings. The van der Waals surface area contributed by atoms with E-state index in [0.717, 1.165) is 36.3 Å². The number of nitrogens with one attached hydrogen (secondary N) is 1. The molecule has 1 saturated carbocycles. The maximum absolute atomic E-state index is 12.2. The summed E-state index contributed by atoms with van der Waals surface area (Å²) in [6.45, 7) is 2.79. The largest absolute Gasteiger partial charge is 0.326 e. The molecule has 4 heteroatoms. The quantitative estimate of drug-likeness (QED) is 0.912. The lowest BCUT2D eigenvalue weighted by molar-refractivity contribution is -0.119. The minimum absolute atomic E-state index is 0.0941. The van der Waals surface area contributed by atoms with Crippen LogP contribution in [0.25, 0.3) is 0 Å². The van der Waals surface area contributed by atoms with Crippen LogP contribution in [0.2, 0.25) is 0 Å². The topological polar surface area (TPSA) is 49.4 Å². The van der Waals surface area contributed by atoms with Gasteiger partial charge >= 0.3 is 0 Å². The Bertz CT molecular complexity index is 591. The molecule has 1 heterocycles. The van der Waals surface area contributed by atoms with E-state index in [-0.39, 0.29) is 11.8 Å². The van der Waals surface area contributed by atoms with E-state index in [9.17, 15) is 9.59 Å². The summed E-state index contributed by atoms with van der Waals surface area (Å²) in [6, 6.07) is 5.87. The third kappa shape index (κ3) is 3.92. The SMILES string of the molecule is Cc1ccc(NC(=O)CC2CCCC2)cc1N1CCCCC1=O. The van der Waals surface area contributed by atoms with Gasteiger partial charge in [0.2, 0.25) is 11.8 Å².